The van der Waals surface area contributed by atoms with E-state index in [1.165, 1.54) is 35.4 Å². The lowest BCUT2D eigenvalue weighted by molar-refractivity contribution is -0.180. The van der Waals surface area contributed by atoms with Crippen molar-refractivity contribution < 1.29 is 65.8 Å². The first-order valence-corrected chi connectivity index (χ1v) is 33.7. The van der Waals surface area contributed by atoms with Crippen LogP contribution in [0.5, 0.6) is 11.5 Å². The van der Waals surface area contributed by atoms with Crippen molar-refractivity contribution in [2.75, 3.05) is 34.0 Å². The first-order valence-electron chi connectivity index (χ1n) is 31.1. The molecule has 4 bridgehead atoms. The highest BCUT2D eigenvalue weighted by Crippen LogP contribution is 2.61. The van der Waals surface area contributed by atoms with Gasteiger partial charge in [-0.2, -0.15) is 5.26 Å². The average molecular weight is 1310 g/mol. The summed E-state index contributed by atoms with van der Waals surface area (Å²) in [6.45, 7) is 6.39. The third kappa shape index (κ3) is 14.4. The molecule has 0 radical (unpaired) electrons. The lowest BCUT2D eigenvalue weighted by Gasteiger charge is -2.55. The maximum Gasteiger partial charge on any atom is 0.335 e. The highest BCUT2D eigenvalue weighted by Gasteiger charge is 2.57. The van der Waals surface area contributed by atoms with E-state index in [0.717, 1.165) is 28.4 Å². The van der Waals surface area contributed by atoms with Crippen molar-refractivity contribution in [1.29, 1.82) is 5.26 Å². The number of methoxy groups -OCH3 is 2. The van der Waals surface area contributed by atoms with E-state index in [0.29, 0.717) is 65.2 Å². The Labute approximate surface area is 538 Å². The molecule has 4 heterocycles. The third-order valence-electron chi connectivity index (χ3n) is 18.1. The molecule has 494 valence electrons. The number of hydrogen-bond acceptors (Lipinski definition) is 20. The van der Waals surface area contributed by atoms with E-state index < -0.39 is 120 Å². The molecule has 3 aromatic carbocycles. The van der Waals surface area contributed by atoms with Crippen molar-refractivity contribution in [2.24, 2.45) is 34.0 Å². The lowest BCUT2D eigenvalue weighted by atomic mass is 9.49. The number of hydrogen-bond donors (Lipinski definition) is 0. The van der Waals surface area contributed by atoms with Crippen molar-refractivity contribution in [2.45, 2.75) is 169 Å². The van der Waals surface area contributed by atoms with E-state index in [1.54, 1.807) is 55.8 Å². The second kappa shape index (κ2) is 27.5. The monoisotopic (exact) mass is 1310 g/mol. The van der Waals surface area contributed by atoms with E-state index in [1.807, 2.05) is 78.9 Å². The molecule has 25 heteroatoms. The van der Waals surface area contributed by atoms with Crippen LogP contribution in [0.2, 0.25) is 0 Å². The highest BCUT2D eigenvalue weighted by molar-refractivity contribution is 8.07. The first-order chi connectivity index (χ1) is 43.7. The molecule has 2 saturated heterocycles. The molecule has 6 aliphatic rings. The lowest BCUT2D eigenvalue weighted by Crippen LogP contribution is -2.51. The molecule has 92 heavy (non-hydrogen) atoms. The van der Waals surface area contributed by atoms with Crippen LogP contribution in [0.15, 0.2) is 110 Å². The van der Waals surface area contributed by atoms with Gasteiger partial charge < -0.3 is 51.5 Å². The van der Waals surface area contributed by atoms with Gasteiger partial charge in [0.05, 0.1) is 68.9 Å². The van der Waals surface area contributed by atoms with E-state index in [9.17, 15) is 38.8 Å². The molecule has 5 aromatic rings. The Kier molecular flexibility index (Phi) is 20.3. The molecule has 7 atom stereocenters. The standard InChI is InChI=1S/C67H82N5O18PS/c1-41-35-69(62(78)71(57(41)73)39-82-59(75)64(3,4)5)55-30-51(89-61(77)66-32-43-27-44(33-66)29-45(28-43)34-66)54(88-55)38-86-91(92,85-26-14-25-68)90-52-31-56(70-36-42(2)58(74)72(63(70)79)40-83-60(76)65(6,7)8)87-53(52)37-84-67(46-15-12-11-13-16-46,47-17-21-49(80-9)22-18-47)48-19-23-50(81-10)24-20-48/h11-13,15-24,35-36,43-45,51-56H,14,26-34,37-40H2,1-10H3/t43?,44?,45?,51-,52-,53+,54+,55+,56+,66?,91?/m0/s1. The van der Waals surface area contributed by atoms with Crippen LogP contribution in [0, 0.1) is 59.2 Å². The molecule has 11 rings (SSSR count). The number of aryl methyl sites for hydroxylation is 2. The maximum atomic E-state index is 14.9. The molecule has 6 fully saturated rings. The van der Waals surface area contributed by atoms with Crippen LogP contribution < -0.4 is 32.0 Å². The molecule has 2 aromatic heterocycles. The van der Waals surface area contributed by atoms with E-state index in [4.69, 9.17) is 63.3 Å². The summed E-state index contributed by atoms with van der Waals surface area (Å²) in [7, 11) is 3.14. The number of nitriles is 1. The summed E-state index contributed by atoms with van der Waals surface area (Å²) in [4.78, 5) is 97.1. The van der Waals surface area contributed by atoms with Gasteiger partial charge in [0.1, 0.15) is 47.9 Å². The SMILES string of the molecule is COc1ccc(C(OC[C@H]2O[C@@H](n3cc(C)c(=O)n(COC(=O)C(C)(C)C)c3=O)C[C@@H]2OP(=S)(OCCC#N)OC[C@H]2O[C@@H](n3cc(C)c(=O)n(COC(=O)C(C)(C)C)c3=O)C[C@@H]2OC(=O)C23CC4CC(CC(C4)C2)C3)(c2ccccc2)c2ccc(OC)cc2)cc1. The average Bonchev–Trinajstić information content (AvgIpc) is 0.810. The second-order valence-corrected chi connectivity index (χ2v) is 29.9. The minimum Gasteiger partial charge on any atom is -0.497 e. The minimum absolute atomic E-state index is 0.0701. The molecule has 4 saturated carbocycles. The molecule has 0 spiro atoms. The maximum absolute atomic E-state index is 14.9. The van der Waals surface area contributed by atoms with Gasteiger partial charge in [0, 0.05) is 36.4 Å². The molecule has 1 unspecified atom stereocenters. The van der Waals surface area contributed by atoms with Gasteiger partial charge in [-0.15, -0.1) is 0 Å². The minimum atomic E-state index is -4.17. The van der Waals surface area contributed by atoms with Crippen LogP contribution in [0.3, 0.4) is 0 Å². The van der Waals surface area contributed by atoms with Gasteiger partial charge in [0.25, 0.3) is 11.1 Å². The Hall–Kier alpha value is -7.07. The van der Waals surface area contributed by atoms with Gasteiger partial charge >= 0.3 is 36.0 Å². The fourth-order valence-corrected chi connectivity index (χ4v) is 15.8. The Morgan fingerprint density at radius 2 is 1.08 bits per heavy atom. The predicted molar refractivity (Wildman–Crippen MR) is 338 cm³/mol. The number of aromatic nitrogens is 4. The van der Waals surface area contributed by atoms with Crippen molar-refractivity contribution >= 4 is 36.4 Å². The number of ether oxygens (including phenoxy) is 8. The van der Waals surface area contributed by atoms with Crippen molar-refractivity contribution in [3.8, 4) is 17.6 Å². The summed E-state index contributed by atoms with van der Waals surface area (Å²) in [6, 6.07) is 26.4. The van der Waals surface area contributed by atoms with Crippen LogP contribution in [0.25, 0.3) is 0 Å². The third-order valence-corrected chi connectivity index (χ3v) is 20.5. The van der Waals surface area contributed by atoms with Crippen LogP contribution in [-0.2, 0) is 87.2 Å². The molecule has 23 nitrogen and oxygen atoms in total. The van der Waals surface area contributed by atoms with Gasteiger partial charge in [-0.05, 0) is 164 Å². The molecular formula is C67H82N5O18PS. The summed E-state index contributed by atoms with van der Waals surface area (Å²) in [5, 5.41) is 9.85. The normalized spacial score (nSPS) is 25.0. The fraction of sp³-hybridized carbons (Fsp3) is 0.552. The van der Waals surface area contributed by atoms with E-state index >= 15 is 0 Å². The number of rotatable bonds is 24. The number of carbonyl (C=O) groups is 3. The molecule has 4 aliphatic carbocycles. The summed E-state index contributed by atoms with van der Waals surface area (Å²) in [6.07, 6.45) is 0.854. The highest BCUT2D eigenvalue weighted by atomic mass is 32.5. The smallest absolute Gasteiger partial charge is 0.335 e. The molecule has 0 amide bonds. The Bertz CT molecular complexity index is 3780. The summed E-state index contributed by atoms with van der Waals surface area (Å²) < 4.78 is 73.7. The van der Waals surface area contributed by atoms with E-state index in [2.05, 4.69) is 6.07 Å². The Morgan fingerprint density at radius 3 is 1.52 bits per heavy atom. The Balaban J connectivity index is 1.02. The van der Waals surface area contributed by atoms with Gasteiger partial charge in [0.15, 0.2) is 13.5 Å². The summed E-state index contributed by atoms with van der Waals surface area (Å²) in [5.41, 5.74) is -4.71. The van der Waals surface area contributed by atoms with Crippen LogP contribution in [0.4, 0.5) is 0 Å². The topological polar surface area (TPSA) is 265 Å². The number of benzene rings is 3. The zero-order chi connectivity index (χ0) is 66.1. The van der Waals surface area contributed by atoms with Gasteiger partial charge in [-0.3, -0.25) is 33.1 Å². The zero-order valence-corrected chi connectivity index (χ0v) is 55.4. The van der Waals surface area contributed by atoms with Crippen LogP contribution >= 0.6 is 6.72 Å². The van der Waals surface area contributed by atoms with Crippen LogP contribution in [0.1, 0.15) is 140 Å². The van der Waals surface area contributed by atoms with Crippen molar-refractivity contribution in [1.82, 2.24) is 18.3 Å². The second-order valence-electron chi connectivity index (χ2n) is 26.9. The first kappa shape index (κ1) is 67.8. The number of carbonyl (C=O) groups excluding carboxylic acids is 3. The summed E-state index contributed by atoms with van der Waals surface area (Å²) in [5.74, 6) is 0.762. The van der Waals surface area contributed by atoms with E-state index in [-0.39, 0.29) is 49.6 Å². The van der Waals surface area contributed by atoms with Crippen LogP contribution in [-0.4, -0.2) is 94.6 Å². The van der Waals surface area contributed by atoms with Crippen molar-refractivity contribution in [3.63, 3.8) is 0 Å². The molecule has 0 N–H and O–H groups in total. The van der Waals surface area contributed by atoms with Gasteiger partial charge in [0.2, 0.25) is 0 Å². The molecular weight excluding hydrogens is 1230 g/mol. The largest absolute Gasteiger partial charge is 0.497 e. The predicted octanol–water partition coefficient (Wildman–Crippen LogP) is 9.03. The number of esters is 3. The van der Waals surface area contributed by atoms with Gasteiger partial charge in [-0.25, -0.2) is 18.7 Å². The van der Waals surface area contributed by atoms with Crippen molar-refractivity contribution in [3.05, 3.63) is 161 Å². The fourth-order valence-electron chi connectivity index (χ4n) is 13.6. The number of nitrogens with zero attached hydrogens (tertiary/aromatic N) is 5. The zero-order valence-electron chi connectivity index (χ0n) is 53.7. The Morgan fingerprint density at radius 1 is 0.630 bits per heavy atom. The quantitative estimate of drug-likeness (QED) is 0.0183. The summed E-state index contributed by atoms with van der Waals surface area (Å²) >= 11 is 6.33. The van der Waals surface area contributed by atoms with Gasteiger partial charge in [-0.1, -0.05) is 54.6 Å². The molecule has 2 aliphatic heterocycles.